The lowest BCUT2D eigenvalue weighted by Gasteiger charge is -2.15. The van der Waals surface area contributed by atoms with E-state index in [0.29, 0.717) is 6.54 Å². The minimum atomic E-state index is -3.53. The lowest BCUT2D eigenvalue weighted by molar-refractivity contribution is 0.432. The first-order valence-electron chi connectivity index (χ1n) is 6.24. The van der Waals surface area contributed by atoms with Crippen LogP contribution in [0.5, 0.6) is 0 Å². The Morgan fingerprint density at radius 1 is 1.44 bits per heavy atom. The monoisotopic (exact) mass is 267 g/mol. The minimum absolute atomic E-state index is 0.0567. The number of nitrogens with one attached hydrogen (secondary N) is 1. The summed E-state index contributed by atoms with van der Waals surface area (Å²) in [5.74, 6) is 0.785. The SMILES string of the molecule is Nc1ncccc1S(=O)(=O)NCC1(C2CC2)CC1. The highest BCUT2D eigenvalue weighted by atomic mass is 32.2. The number of anilines is 1. The molecule has 0 unspecified atom stereocenters. The van der Waals surface area contributed by atoms with Crippen LogP contribution >= 0.6 is 0 Å². The summed E-state index contributed by atoms with van der Waals surface area (Å²) in [5.41, 5.74) is 5.84. The van der Waals surface area contributed by atoms with Crippen LogP contribution in [0.3, 0.4) is 0 Å². The molecule has 3 N–H and O–H groups in total. The predicted octanol–water partition coefficient (Wildman–Crippen LogP) is 1.13. The Kier molecular flexibility index (Phi) is 2.60. The average molecular weight is 267 g/mol. The maximum Gasteiger partial charge on any atom is 0.244 e. The number of rotatable bonds is 5. The number of nitrogens with zero attached hydrogens (tertiary/aromatic N) is 1. The largest absolute Gasteiger partial charge is 0.383 e. The zero-order chi connectivity index (χ0) is 12.8. The summed E-state index contributed by atoms with van der Waals surface area (Å²) in [5, 5.41) is 0. The highest BCUT2D eigenvalue weighted by Crippen LogP contribution is 2.60. The van der Waals surface area contributed by atoms with Gasteiger partial charge in [0.2, 0.25) is 10.0 Å². The second-order valence-corrected chi connectivity index (χ2v) is 7.08. The summed E-state index contributed by atoms with van der Waals surface area (Å²) in [6.45, 7) is 0.536. The summed E-state index contributed by atoms with van der Waals surface area (Å²) in [6.07, 6.45) is 6.26. The third kappa shape index (κ3) is 2.10. The molecule has 1 heterocycles. The van der Waals surface area contributed by atoms with Crippen molar-refractivity contribution in [3.05, 3.63) is 18.3 Å². The maximum atomic E-state index is 12.1. The van der Waals surface area contributed by atoms with E-state index in [4.69, 9.17) is 5.73 Å². The molecule has 0 spiro atoms. The molecular formula is C12H17N3O2S. The third-order valence-electron chi connectivity index (χ3n) is 4.04. The Balaban J connectivity index is 1.73. The molecule has 0 saturated heterocycles. The van der Waals surface area contributed by atoms with Crippen molar-refractivity contribution < 1.29 is 8.42 Å². The van der Waals surface area contributed by atoms with Gasteiger partial charge in [-0.15, -0.1) is 0 Å². The molecule has 0 radical (unpaired) electrons. The molecule has 0 aromatic carbocycles. The van der Waals surface area contributed by atoms with E-state index in [9.17, 15) is 8.42 Å². The van der Waals surface area contributed by atoms with Gasteiger partial charge in [0, 0.05) is 12.7 Å². The molecule has 0 amide bonds. The van der Waals surface area contributed by atoms with Crippen molar-refractivity contribution in [1.82, 2.24) is 9.71 Å². The van der Waals surface area contributed by atoms with Crippen LogP contribution in [-0.4, -0.2) is 19.9 Å². The summed E-state index contributed by atoms with van der Waals surface area (Å²) in [7, 11) is -3.53. The Bertz CT molecular complexity index is 562. The Morgan fingerprint density at radius 3 is 2.72 bits per heavy atom. The van der Waals surface area contributed by atoms with Crippen LogP contribution in [0.4, 0.5) is 5.82 Å². The van der Waals surface area contributed by atoms with Gasteiger partial charge in [-0.2, -0.15) is 0 Å². The van der Waals surface area contributed by atoms with Crippen molar-refractivity contribution in [1.29, 1.82) is 0 Å². The summed E-state index contributed by atoms with van der Waals surface area (Å²) < 4.78 is 27.0. The Hall–Kier alpha value is -1.14. The molecule has 2 fully saturated rings. The van der Waals surface area contributed by atoms with Crippen LogP contribution in [-0.2, 0) is 10.0 Å². The van der Waals surface area contributed by atoms with Gasteiger partial charge in [-0.25, -0.2) is 18.1 Å². The molecule has 5 nitrogen and oxygen atoms in total. The van der Waals surface area contributed by atoms with Gasteiger partial charge in [0.05, 0.1) is 0 Å². The fourth-order valence-corrected chi connectivity index (χ4v) is 3.75. The Labute approximate surface area is 107 Å². The lowest BCUT2D eigenvalue weighted by Crippen LogP contribution is -2.31. The van der Waals surface area contributed by atoms with Crippen molar-refractivity contribution in [3.63, 3.8) is 0 Å². The number of hydrogen-bond donors (Lipinski definition) is 2. The van der Waals surface area contributed by atoms with E-state index in [1.165, 1.54) is 25.1 Å². The van der Waals surface area contributed by atoms with E-state index >= 15 is 0 Å². The van der Waals surface area contributed by atoms with Crippen molar-refractivity contribution in [2.75, 3.05) is 12.3 Å². The standard InChI is InChI=1S/C12H17N3O2S/c13-11-10(2-1-7-14-11)18(16,17)15-8-12(5-6-12)9-3-4-9/h1-2,7,9,15H,3-6,8H2,(H2,13,14). The zero-order valence-electron chi connectivity index (χ0n) is 10.1. The van der Waals surface area contributed by atoms with E-state index in [0.717, 1.165) is 18.8 Å². The van der Waals surface area contributed by atoms with E-state index in [1.54, 1.807) is 6.07 Å². The second-order valence-electron chi connectivity index (χ2n) is 5.35. The molecule has 1 aromatic rings. The molecule has 3 rings (SSSR count). The molecule has 98 valence electrons. The smallest absolute Gasteiger partial charge is 0.244 e. The zero-order valence-corrected chi connectivity index (χ0v) is 10.9. The van der Waals surface area contributed by atoms with Crippen LogP contribution in [0, 0.1) is 11.3 Å². The fraction of sp³-hybridized carbons (Fsp3) is 0.583. The lowest BCUT2D eigenvalue weighted by atomic mass is 10.0. The molecule has 18 heavy (non-hydrogen) atoms. The first kappa shape index (κ1) is 11.9. The van der Waals surface area contributed by atoms with Crippen molar-refractivity contribution in [3.8, 4) is 0 Å². The molecule has 2 aliphatic carbocycles. The number of nitrogens with two attached hydrogens (primary N) is 1. The topological polar surface area (TPSA) is 85.1 Å². The molecule has 6 heteroatoms. The van der Waals surface area contributed by atoms with E-state index in [1.807, 2.05) is 0 Å². The van der Waals surface area contributed by atoms with Crippen molar-refractivity contribution >= 4 is 15.8 Å². The van der Waals surface area contributed by atoms with Crippen LogP contribution in [0.15, 0.2) is 23.2 Å². The highest BCUT2D eigenvalue weighted by Gasteiger charge is 2.53. The number of aromatic nitrogens is 1. The quantitative estimate of drug-likeness (QED) is 0.837. The molecule has 2 aliphatic rings. The van der Waals surface area contributed by atoms with Gasteiger partial charge in [0.25, 0.3) is 0 Å². The van der Waals surface area contributed by atoms with Gasteiger partial charge in [0.15, 0.2) is 0 Å². The van der Waals surface area contributed by atoms with Gasteiger partial charge in [-0.1, -0.05) is 0 Å². The number of sulfonamides is 1. The van der Waals surface area contributed by atoms with Crippen molar-refractivity contribution in [2.24, 2.45) is 11.3 Å². The fourth-order valence-electron chi connectivity index (χ4n) is 2.53. The molecular weight excluding hydrogens is 250 g/mol. The minimum Gasteiger partial charge on any atom is -0.383 e. The van der Waals surface area contributed by atoms with Gasteiger partial charge in [-0.05, 0) is 49.1 Å². The van der Waals surface area contributed by atoms with Gasteiger partial charge in [0.1, 0.15) is 10.7 Å². The number of hydrogen-bond acceptors (Lipinski definition) is 4. The van der Waals surface area contributed by atoms with E-state index in [-0.39, 0.29) is 16.1 Å². The first-order chi connectivity index (χ1) is 8.54. The number of pyridine rings is 1. The van der Waals surface area contributed by atoms with Gasteiger partial charge in [-0.3, -0.25) is 0 Å². The van der Waals surface area contributed by atoms with Gasteiger partial charge >= 0.3 is 0 Å². The van der Waals surface area contributed by atoms with Crippen LogP contribution in [0.1, 0.15) is 25.7 Å². The highest BCUT2D eigenvalue weighted by molar-refractivity contribution is 7.89. The summed E-state index contributed by atoms with van der Waals surface area (Å²) in [6, 6.07) is 3.07. The second kappa shape index (κ2) is 3.93. The number of nitrogen functional groups attached to an aromatic ring is 1. The van der Waals surface area contributed by atoms with Crippen LogP contribution < -0.4 is 10.5 Å². The van der Waals surface area contributed by atoms with Gasteiger partial charge < -0.3 is 5.73 Å². The van der Waals surface area contributed by atoms with Crippen LogP contribution in [0.25, 0.3) is 0 Å². The third-order valence-corrected chi connectivity index (χ3v) is 5.49. The van der Waals surface area contributed by atoms with E-state index < -0.39 is 10.0 Å². The predicted molar refractivity (Wildman–Crippen MR) is 68.2 cm³/mol. The summed E-state index contributed by atoms with van der Waals surface area (Å²) >= 11 is 0. The Morgan fingerprint density at radius 2 is 2.17 bits per heavy atom. The molecule has 0 aliphatic heterocycles. The van der Waals surface area contributed by atoms with Crippen LogP contribution in [0.2, 0.25) is 0 Å². The molecule has 2 saturated carbocycles. The maximum absolute atomic E-state index is 12.1. The molecule has 0 atom stereocenters. The first-order valence-corrected chi connectivity index (χ1v) is 7.72. The molecule has 0 bridgehead atoms. The summed E-state index contributed by atoms with van der Waals surface area (Å²) in [4.78, 5) is 3.89. The normalized spacial score (nSPS) is 21.8. The average Bonchev–Trinajstić information content (AvgIpc) is 3.19. The van der Waals surface area contributed by atoms with Crippen molar-refractivity contribution in [2.45, 2.75) is 30.6 Å². The van der Waals surface area contributed by atoms with E-state index in [2.05, 4.69) is 9.71 Å². The molecule has 1 aromatic heterocycles.